The topological polar surface area (TPSA) is 158 Å². The second-order valence-corrected chi connectivity index (χ2v) is 18.7. The van der Waals surface area contributed by atoms with Crippen LogP contribution in [0, 0.1) is 17.8 Å². The number of fused-ring (bicyclic) bond motifs is 2. The number of ether oxygens (including phenoxy) is 8. The molecule has 12 atom stereocenters. The van der Waals surface area contributed by atoms with Crippen LogP contribution in [0.2, 0.25) is 0 Å². The van der Waals surface area contributed by atoms with Crippen molar-refractivity contribution in [3.63, 3.8) is 0 Å². The number of rotatable bonds is 15. The Hall–Kier alpha value is -3.54. The molecular formula is C49H77N3O12. The van der Waals surface area contributed by atoms with Gasteiger partial charge in [-0.05, 0) is 102 Å². The lowest BCUT2D eigenvalue weighted by molar-refractivity contribution is -0.265. The predicted octanol–water partition coefficient (Wildman–Crippen LogP) is 6.65. The van der Waals surface area contributed by atoms with Crippen LogP contribution >= 0.6 is 0 Å². The van der Waals surface area contributed by atoms with Gasteiger partial charge in [0.05, 0.1) is 61.4 Å². The van der Waals surface area contributed by atoms with Gasteiger partial charge in [-0.15, -0.1) is 0 Å². The SMILES string of the molecule is C=C(OCC)C1=CN(N(C)C)c2ccc(CCCOCCO[C@@H]3C(C)C[C@H](O[C@H]4C[C@@H](O)C(C)(O)C[C@@H](C)CN(C)[C@H](C)C5OC(=O)OC5COC(=O)C4C)OC3C)cc2/C1=C\CC. The standard InChI is InChI=1S/C49H77N3O12/c1-13-16-37-38-24-36(18-19-40(38)52(50(10)11)28-39(37)34(7)58-14-2)17-15-20-57-21-22-59-45-31(4)23-44(61-35(45)8)62-41-25-43(53)49(9,56)26-30(3)27-51(12)33(6)46-42(63-48(55)64-46)29-60-47(54)32(41)5/h16,18-19,24,28,30-33,35,41-46,53,56H,7,13-15,17,20-23,25-27,29H2,1-6,8-12H3/b37-16+/t30-,31?,32?,33-,35?,41+,42?,43-,44+,45-,46?,49?/m1/s1. The summed E-state index contributed by atoms with van der Waals surface area (Å²) in [5.74, 6) is -0.772. The summed E-state index contributed by atoms with van der Waals surface area (Å²) in [6, 6.07) is 6.37. The Balaban J connectivity index is 1.13. The van der Waals surface area contributed by atoms with Gasteiger partial charge in [-0.2, -0.15) is 0 Å². The van der Waals surface area contributed by atoms with Crippen LogP contribution in [-0.4, -0.2) is 148 Å². The fourth-order valence-electron chi connectivity index (χ4n) is 9.43. The largest absolute Gasteiger partial charge is 0.509 e. The van der Waals surface area contributed by atoms with Gasteiger partial charge in [0.15, 0.2) is 18.5 Å². The second kappa shape index (κ2) is 23.3. The number of nitrogens with zero attached hydrogens (tertiary/aromatic N) is 3. The molecule has 0 amide bonds. The number of aryl methyl sites for hydroxylation is 1. The summed E-state index contributed by atoms with van der Waals surface area (Å²) in [7, 11) is 5.94. The molecule has 0 spiro atoms. The van der Waals surface area contributed by atoms with Crippen molar-refractivity contribution in [3.05, 3.63) is 59.5 Å². The second-order valence-electron chi connectivity index (χ2n) is 18.7. The summed E-state index contributed by atoms with van der Waals surface area (Å²) in [6.45, 7) is 21.9. The Bertz CT molecular complexity index is 1770. The van der Waals surface area contributed by atoms with Gasteiger partial charge in [-0.3, -0.25) is 14.7 Å². The lowest BCUT2D eigenvalue weighted by Gasteiger charge is -2.41. The highest BCUT2D eigenvalue weighted by Crippen LogP contribution is 2.41. The lowest BCUT2D eigenvalue weighted by atomic mass is 9.83. The summed E-state index contributed by atoms with van der Waals surface area (Å²) < 4.78 is 47.6. The summed E-state index contributed by atoms with van der Waals surface area (Å²) in [6.07, 6.45) is 2.12. The number of esters is 1. The maximum atomic E-state index is 13.5. The molecular weight excluding hydrogens is 823 g/mol. The Kier molecular flexibility index (Phi) is 18.7. The summed E-state index contributed by atoms with van der Waals surface area (Å²) in [5.41, 5.74) is 4.13. The third-order valence-electron chi connectivity index (χ3n) is 13.0. The van der Waals surface area contributed by atoms with E-state index >= 15 is 0 Å². The Morgan fingerprint density at radius 3 is 2.50 bits per heavy atom. The average Bonchev–Trinajstić information content (AvgIpc) is 3.61. The van der Waals surface area contributed by atoms with Crippen molar-refractivity contribution in [2.75, 3.05) is 65.7 Å². The van der Waals surface area contributed by atoms with Gasteiger partial charge in [0, 0.05) is 63.5 Å². The minimum Gasteiger partial charge on any atom is -0.494 e. The maximum absolute atomic E-state index is 13.5. The molecule has 3 saturated heterocycles. The predicted molar refractivity (Wildman–Crippen MR) is 244 cm³/mol. The minimum atomic E-state index is -1.48. The number of aliphatic hydroxyl groups is 2. The van der Waals surface area contributed by atoms with Crippen LogP contribution in [-0.2, 0) is 49.1 Å². The van der Waals surface area contributed by atoms with Crippen LogP contribution in [0.4, 0.5) is 10.5 Å². The van der Waals surface area contributed by atoms with Crippen molar-refractivity contribution >= 4 is 23.4 Å². The number of anilines is 1. The fourth-order valence-corrected chi connectivity index (χ4v) is 9.43. The smallest absolute Gasteiger partial charge is 0.494 e. The first-order valence-electron chi connectivity index (χ1n) is 23.3. The number of hydrogen-bond acceptors (Lipinski definition) is 15. The molecule has 64 heavy (non-hydrogen) atoms. The van der Waals surface area contributed by atoms with Crippen molar-refractivity contribution < 1.29 is 57.7 Å². The molecule has 360 valence electrons. The van der Waals surface area contributed by atoms with E-state index in [-0.39, 0.29) is 49.5 Å². The average molecular weight is 900 g/mol. The number of allylic oxidation sites excluding steroid dienone is 2. The summed E-state index contributed by atoms with van der Waals surface area (Å²) in [4.78, 5) is 27.7. The molecule has 0 aliphatic carbocycles. The number of cyclic esters (lactones) is 1. The van der Waals surface area contributed by atoms with Crippen molar-refractivity contribution in [3.8, 4) is 0 Å². The fraction of sp³-hybridized carbons (Fsp3) is 0.714. The molecule has 4 aliphatic heterocycles. The molecule has 3 fully saturated rings. The van der Waals surface area contributed by atoms with Crippen LogP contribution in [0.5, 0.6) is 0 Å². The molecule has 2 N–H and O–H groups in total. The number of aliphatic hydroxyl groups excluding tert-OH is 1. The van der Waals surface area contributed by atoms with E-state index in [1.54, 1.807) is 13.8 Å². The minimum absolute atomic E-state index is 0.0341. The third kappa shape index (κ3) is 13.1. The number of hydrogen-bond donors (Lipinski definition) is 2. The van der Waals surface area contributed by atoms with Crippen LogP contribution < -0.4 is 5.01 Å². The van der Waals surface area contributed by atoms with E-state index in [2.05, 4.69) is 60.9 Å². The van der Waals surface area contributed by atoms with Crippen molar-refractivity contribution in [2.24, 2.45) is 17.8 Å². The van der Waals surface area contributed by atoms with E-state index in [1.165, 1.54) is 5.56 Å². The third-order valence-corrected chi connectivity index (χ3v) is 13.0. The quantitative estimate of drug-likeness (QED) is 0.110. The molecule has 4 aliphatic rings. The molecule has 0 aromatic heterocycles. The van der Waals surface area contributed by atoms with Gasteiger partial charge in [0.25, 0.3) is 0 Å². The zero-order chi connectivity index (χ0) is 46.9. The van der Waals surface area contributed by atoms with E-state index in [4.69, 9.17) is 37.9 Å². The molecule has 4 heterocycles. The van der Waals surface area contributed by atoms with E-state index in [0.29, 0.717) is 45.2 Å². The van der Waals surface area contributed by atoms with Crippen molar-refractivity contribution in [1.29, 1.82) is 0 Å². The molecule has 15 nitrogen and oxygen atoms in total. The monoisotopic (exact) mass is 900 g/mol. The highest BCUT2D eigenvalue weighted by molar-refractivity contribution is 5.92. The summed E-state index contributed by atoms with van der Waals surface area (Å²) >= 11 is 0. The first-order valence-corrected chi connectivity index (χ1v) is 23.3. The number of likely N-dealkylation sites (N-methyl/N-ethyl adjacent to an activating group) is 1. The molecule has 0 saturated carbocycles. The van der Waals surface area contributed by atoms with Gasteiger partial charge < -0.3 is 48.1 Å². The highest BCUT2D eigenvalue weighted by atomic mass is 16.8. The summed E-state index contributed by atoms with van der Waals surface area (Å²) in [5, 5.41) is 27.2. The van der Waals surface area contributed by atoms with Crippen LogP contribution in [0.3, 0.4) is 0 Å². The number of hydrazine groups is 1. The normalized spacial score (nSPS) is 33.9. The van der Waals surface area contributed by atoms with Crippen LogP contribution in [0.1, 0.15) is 98.6 Å². The number of benzene rings is 1. The molecule has 0 bridgehead atoms. The Morgan fingerprint density at radius 1 is 1.06 bits per heavy atom. The lowest BCUT2D eigenvalue weighted by Crippen LogP contribution is -2.49. The Morgan fingerprint density at radius 2 is 1.81 bits per heavy atom. The molecule has 1 aromatic carbocycles. The first-order chi connectivity index (χ1) is 30.3. The van der Waals surface area contributed by atoms with Gasteiger partial charge in [0.1, 0.15) is 12.4 Å². The van der Waals surface area contributed by atoms with Crippen molar-refractivity contribution in [2.45, 2.75) is 148 Å². The van der Waals surface area contributed by atoms with Gasteiger partial charge >= 0.3 is 12.1 Å². The highest BCUT2D eigenvalue weighted by Gasteiger charge is 2.45. The van der Waals surface area contributed by atoms with E-state index < -0.39 is 54.3 Å². The van der Waals surface area contributed by atoms with Gasteiger partial charge in [-0.25, -0.2) is 9.80 Å². The zero-order valence-electron chi connectivity index (χ0n) is 40.2. The van der Waals surface area contributed by atoms with E-state index in [9.17, 15) is 19.8 Å². The first kappa shape index (κ1) is 51.4. The zero-order valence-corrected chi connectivity index (χ0v) is 40.2. The molecule has 15 heteroatoms. The molecule has 5 rings (SSSR count). The van der Waals surface area contributed by atoms with E-state index in [0.717, 1.165) is 41.7 Å². The van der Waals surface area contributed by atoms with Gasteiger partial charge in [-0.1, -0.05) is 39.5 Å². The van der Waals surface area contributed by atoms with Gasteiger partial charge in [0.2, 0.25) is 0 Å². The van der Waals surface area contributed by atoms with Crippen LogP contribution in [0.25, 0.3) is 5.57 Å². The molecule has 0 radical (unpaired) electrons. The molecule has 6 unspecified atom stereocenters. The number of carbonyl (C=O) groups is 2. The van der Waals surface area contributed by atoms with Crippen molar-refractivity contribution in [1.82, 2.24) is 9.91 Å². The Labute approximate surface area is 381 Å². The number of carbonyl (C=O) groups excluding carboxylic acids is 2. The maximum Gasteiger partial charge on any atom is 0.509 e. The van der Waals surface area contributed by atoms with E-state index in [1.807, 2.05) is 53.7 Å². The van der Waals surface area contributed by atoms with Crippen LogP contribution in [0.15, 0.2) is 48.4 Å². The molecule has 1 aromatic rings.